The summed E-state index contributed by atoms with van der Waals surface area (Å²) in [5, 5.41) is 0. The standard InChI is InChI=1S/C22H22N2.2C2H6/c1-5-9-14-17(8-4)21-22(18(12-6-2)13-7-3)24-20-16-11-10-15-19(20)23-21;2*1-2/h5-16H,1-2H2,3-4H3;2*1-2H3/b13-7-,14-9-,17-8+,18-12+;;. The van der Waals surface area contributed by atoms with Crippen molar-refractivity contribution in [3.05, 3.63) is 97.4 Å². The minimum Gasteiger partial charge on any atom is -0.244 e. The van der Waals surface area contributed by atoms with Crippen LogP contribution in [0.3, 0.4) is 0 Å². The van der Waals surface area contributed by atoms with Gasteiger partial charge >= 0.3 is 0 Å². The molecule has 0 N–H and O–H groups in total. The Bertz CT molecular complexity index is 865. The minimum atomic E-state index is 0.841. The second kappa shape index (κ2) is 15.1. The maximum absolute atomic E-state index is 4.86. The highest BCUT2D eigenvalue weighted by Crippen LogP contribution is 2.27. The lowest BCUT2D eigenvalue weighted by molar-refractivity contribution is 1.21. The van der Waals surface area contributed by atoms with Crippen LogP contribution < -0.4 is 0 Å². The normalized spacial score (nSPS) is 11.6. The van der Waals surface area contributed by atoms with E-state index in [4.69, 9.17) is 9.97 Å². The summed E-state index contributed by atoms with van der Waals surface area (Å²) in [5.41, 5.74) is 5.42. The average Bonchev–Trinajstić information content (AvgIpc) is 2.76. The molecular formula is C26H34N2. The average molecular weight is 375 g/mol. The molecule has 2 nitrogen and oxygen atoms in total. The summed E-state index contributed by atoms with van der Waals surface area (Å²) in [4.78, 5) is 9.72. The molecule has 0 aliphatic rings. The van der Waals surface area contributed by atoms with Crippen molar-refractivity contribution >= 4 is 22.2 Å². The Morgan fingerprint density at radius 3 is 1.75 bits per heavy atom. The van der Waals surface area contributed by atoms with Crippen molar-refractivity contribution in [1.29, 1.82) is 0 Å². The first-order valence-electron chi connectivity index (χ1n) is 9.93. The number of nitrogens with zero attached hydrogens (tertiary/aromatic N) is 2. The van der Waals surface area contributed by atoms with Gasteiger partial charge in [-0.25, -0.2) is 9.97 Å². The van der Waals surface area contributed by atoms with E-state index in [0.717, 1.165) is 33.6 Å². The SMILES string of the molecule is C=C/C=C\C(=C/C)c1nc2ccccc2nc1C(/C=C\C)=C/C=C.CC.CC. The van der Waals surface area contributed by atoms with Crippen LogP contribution in [0.4, 0.5) is 0 Å². The fourth-order valence-corrected chi connectivity index (χ4v) is 2.41. The largest absolute Gasteiger partial charge is 0.244 e. The van der Waals surface area contributed by atoms with Gasteiger partial charge in [0.15, 0.2) is 0 Å². The van der Waals surface area contributed by atoms with E-state index in [-0.39, 0.29) is 0 Å². The van der Waals surface area contributed by atoms with E-state index in [0.29, 0.717) is 0 Å². The maximum atomic E-state index is 4.86. The van der Waals surface area contributed by atoms with Gasteiger partial charge < -0.3 is 0 Å². The van der Waals surface area contributed by atoms with Gasteiger partial charge in [-0.3, -0.25) is 0 Å². The lowest BCUT2D eigenvalue weighted by atomic mass is 10.0. The zero-order valence-corrected chi connectivity index (χ0v) is 18.2. The van der Waals surface area contributed by atoms with E-state index >= 15 is 0 Å². The Labute approximate surface area is 171 Å². The molecule has 1 aromatic carbocycles. The van der Waals surface area contributed by atoms with Gasteiger partial charge in [-0.1, -0.05) is 102 Å². The number of benzene rings is 1. The number of aromatic nitrogens is 2. The molecule has 0 radical (unpaired) electrons. The quantitative estimate of drug-likeness (QED) is 0.479. The smallest absolute Gasteiger partial charge is 0.0972 e. The van der Waals surface area contributed by atoms with Crippen molar-refractivity contribution in [2.75, 3.05) is 0 Å². The molecule has 1 aromatic heterocycles. The first kappa shape index (κ1) is 25.0. The lowest BCUT2D eigenvalue weighted by Gasteiger charge is -2.11. The molecule has 0 unspecified atom stereocenters. The van der Waals surface area contributed by atoms with Crippen LogP contribution in [0.5, 0.6) is 0 Å². The van der Waals surface area contributed by atoms with Gasteiger partial charge in [-0.05, 0) is 31.6 Å². The van der Waals surface area contributed by atoms with Crippen molar-refractivity contribution in [2.24, 2.45) is 0 Å². The van der Waals surface area contributed by atoms with Crippen LogP contribution in [0, 0.1) is 0 Å². The monoisotopic (exact) mass is 374 g/mol. The highest BCUT2D eigenvalue weighted by molar-refractivity contribution is 5.88. The van der Waals surface area contributed by atoms with Gasteiger partial charge in [0, 0.05) is 5.57 Å². The van der Waals surface area contributed by atoms with Gasteiger partial charge in [0.1, 0.15) is 0 Å². The number of fused-ring (bicyclic) bond motifs is 1. The van der Waals surface area contributed by atoms with Gasteiger partial charge in [-0.2, -0.15) is 0 Å². The molecule has 0 saturated carbocycles. The molecule has 2 aromatic rings. The number of hydrogen-bond donors (Lipinski definition) is 0. The number of allylic oxidation sites excluding steroid dienone is 10. The molecule has 0 atom stereocenters. The van der Waals surface area contributed by atoms with E-state index in [9.17, 15) is 0 Å². The maximum Gasteiger partial charge on any atom is 0.0972 e. The Balaban J connectivity index is 0.00000171. The molecule has 1 heterocycles. The van der Waals surface area contributed by atoms with Gasteiger partial charge in [0.2, 0.25) is 0 Å². The van der Waals surface area contributed by atoms with Crippen LogP contribution in [-0.4, -0.2) is 9.97 Å². The summed E-state index contributed by atoms with van der Waals surface area (Å²) in [5.74, 6) is 0. The third-order valence-corrected chi connectivity index (χ3v) is 3.48. The summed E-state index contributed by atoms with van der Waals surface area (Å²) in [6.45, 7) is 19.5. The summed E-state index contributed by atoms with van der Waals surface area (Å²) in [6.07, 6.45) is 15.4. The Hall–Kier alpha value is -3.00. The summed E-state index contributed by atoms with van der Waals surface area (Å²) < 4.78 is 0. The molecule has 0 fully saturated rings. The molecule has 148 valence electrons. The fourth-order valence-electron chi connectivity index (χ4n) is 2.41. The molecule has 0 amide bonds. The molecule has 0 saturated heterocycles. The van der Waals surface area contributed by atoms with Crippen LogP contribution in [0.2, 0.25) is 0 Å². The zero-order chi connectivity index (χ0) is 21.4. The highest BCUT2D eigenvalue weighted by Gasteiger charge is 2.13. The summed E-state index contributed by atoms with van der Waals surface area (Å²) >= 11 is 0. The van der Waals surface area contributed by atoms with Gasteiger partial charge in [0.05, 0.1) is 22.4 Å². The molecule has 0 spiro atoms. The van der Waals surface area contributed by atoms with E-state index in [1.165, 1.54) is 0 Å². The lowest BCUT2D eigenvalue weighted by Crippen LogP contribution is -2.00. The third kappa shape index (κ3) is 6.96. The third-order valence-electron chi connectivity index (χ3n) is 3.48. The van der Waals surface area contributed by atoms with E-state index in [2.05, 4.69) is 13.2 Å². The van der Waals surface area contributed by atoms with Crippen molar-refractivity contribution in [2.45, 2.75) is 41.5 Å². The number of hydrogen-bond acceptors (Lipinski definition) is 2. The first-order valence-corrected chi connectivity index (χ1v) is 9.93. The fraction of sp³-hybridized carbons (Fsp3) is 0.231. The predicted octanol–water partition coefficient (Wildman–Crippen LogP) is 7.97. The van der Waals surface area contributed by atoms with Crippen molar-refractivity contribution in [3.63, 3.8) is 0 Å². The summed E-state index contributed by atoms with van der Waals surface area (Å²) in [6, 6.07) is 7.90. The molecule has 0 aliphatic heterocycles. The number of rotatable bonds is 6. The van der Waals surface area contributed by atoms with Crippen LogP contribution in [0.15, 0.2) is 86.0 Å². The van der Waals surface area contributed by atoms with E-state index in [1.54, 1.807) is 12.2 Å². The van der Waals surface area contributed by atoms with Crippen molar-refractivity contribution in [1.82, 2.24) is 9.97 Å². The molecule has 2 heteroatoms. The topological polar surface area (TPSA) is 25.8 Å². The highest BCUT2D eigenvalue weighted by atomic mass is 14.8. The van der Waals surface area contributed by atoms with Gasteiger partial charge in [-0.15, -0.1) is 0 Å². The zero-order valence-electron chi connectivity index (χ0n) is 18.2. The van der Waals surface area contributed by atoms with E-state index in [1.807, 2.05) is 102 Å². The molecule has 0 bridgehead atoms. The molecule has 2 rings (SSSR count). The summed E-state index contributed by atoms with van der Waals surface area (Å²) in [7, 11) is 0. The Kier molecular flexibility index (Phi) is 13.5. The second-order valence-electron chi connectivity index (χ2n) is 5.11. The Morgan fingerprint density at radius 2 is 1.32 bits per heavy atom. The van der Waals surface area contributed by atoms with Gasteiger partial charge in [0.25, 0.3) is 0 Å². The molecule has 0 aliphatic carbocycles. The van der Waals surface area contributed by atoms with Crippen LogP contribution >= 0.6 is 0 Å². The minimum absolute atomic E-state index is 0.841. The van der Waals surface area contributed by atoms with Crippen molar-refractivity contribution < 1.29 is 0 Å². The van der Waals surface area contributed by atoms with E-state index < -0.39 is 0 Å². The second-order valence-corrected chi connectivity index (χ2v) is 5.11. The number of para-hydroxylation sites is 2. The van der Waals surface area contributed by atoms with Crippen LogP contribution in [0.1, 0.15) is 52.9 Å². The van der Waals surface area contributed by atoms with Crippen LogP contribution in [0.25, 0.3) is 22.2 Å². The Morgan fingerprint density at radius 1 is 0.786 bits per heavy atom. The van der Waals surface area contributed by atoms with Crippen LogP contribution in [-0.2, 0) is 0 Å². The molecule has 28 heavy (non-hydrogen) atoms. The predicted molar refractivity (Wildman–Crippen MR) is 128 cm³/mol. The molecular weight excluding hydrogens is 340 g/mol. The first-order chi connectivity index (χ1) is 13.7. The van der Waals surface area contributed by atoms with Crippen molar-refractivity contribution in [3.8, 4) is 0 Å².